The smallest absolute Gasteiger partial charge is 0.195 e. The van der Waals surface area contributed by atoms with Crippen molar-refractivity contribution in [1.29, 1.82) is 0 Å². The monoisotopic (exact) mass is 560 g/mol. The minimum absolute atomic E-state index is 0. The normalized spacial score (nSPS) is 15.7. The zero-order valence-corrected chi connectivity index (χ0v) is 21.8. The fourth-order valence-corrected chi connectivity index (χ4v) is 4.48. The van der Waals surface area contributed by atoms with Crippen LogP contribution in [0.1, 0.15) is 22.7 Å². The van der Waals surface area contributed by atoms with Gasteiger partial charge in [0, 0.05) is 48.2 Å². The zero-order chi connectivity index (χ0) is 21.3. The van der Waals surface area contributed by atoms with E-state index in [1.807, 2.05) is 36.5 Å². The molecule has 7 nitrogen and oxygen atoms in total. The maximum atomic E-state index is 5.68. The Morgan fingerprint density at radius 1 is 1.23 bits per heavy atom. The summed E-state index contributed by atoms with van der Waals surface area (Å²) in [5.41, 5.74) is 0.891. The molecule has 2 N–H and O–H groups in total. The van der Waals surface area contributed by atoms with Gasteiger partial charge in [0.2, 0.25) is 0 Å². The molecule has 0 aliphatic carbocycles. The van der Waals surface area contributed by atoms with Crippen molar-refractivity contribution in [2.24, 2.45) is 4.99 Å². The molecule has 1 aliphatic rings. The van der Waals surface area contributed by atoms with Gasteiger partial charge in [-0.1, -0.05) is 0 Å². The number of aryl methyl sites for hydroxylation is 1. The topological polar surface area (TPSA) is 67.4 Å². The summed E-state index contributed by atoms with van der Waals surface area (Å²) in [5.74, 6) is 2.14. The molecule has 31 heavy (non-hydrogen) atoms. The van der Waals surface area contributed by atoms with Gasteiger partial charge in [0.05, 0.1) is 33.0 Å². The Balaban J connectivity index is 0.00000341. The van der Waals surface area contributed by atoms with Gasteiger partial charge < -0.3 is 24.8 Å². The second-order valence-corrected chi connectivity index (χ2v) is 8.31. The molecule has 1 fully saturated rings. The predicted molar refractivity (Wildman–Crippen MR) is 139 cm³/mol. The van der Waals surface area contributed by atoms with Gasteiger partial charge in [-0.15, -0.1) is 35.3 Å². The highest BCUT2D eigenvalue weighted by Crippen LogP contribution is 2.30. The Morgan fingerprint density at radius 3 is 2.61 bits per heavy atom. The van der Waals surface area contributed by atoms with Crippen LogP contribution in [0.2, 0.25) is 0 Å². The van der Waals surface area contributed by atoms with Crippen LogP contribution in [0.5, 0.6) is 11.5 Å². The van der Waals surface area contributed by atoms with Gasteiger partial charge in [-0.05, 0) is 38.1 Å². The fourth-order valence-electron chi connectivity index (χ4n) is 3.46. The molecule has 3 rings (SSSR count). The minimum atomic E-state index is 0. The highest BCUT2D eigenvalue weighted by Gasteiger charge is 2.24. The van der Waals surface area contributed by atoms with E-state index in [-0.39, 0.29) is 30.0 Å². The molecule has 1 aliphatic heterocycles. The maximum absolute atomic E-state index is 5.68. The lowest BCUT2D eigenvalue weighted by molar-refractivity contribution is 0.0177. The Morgan fingerprint density at radius 2 is 2.00 bits per heavy atom. The van der Waals surface area contributed by atoms with E-state index < -0.39 is 0 Å². The van der Waals surface area contributed by atoms with Crippen molar-refractivity contribution >= 4 is 47.0 Å². The quantitative estimate of drug-likeness (QED) is 0.288. The fraction of sp³-hybridized carbons (Fsp3) is 0.500. The van der Waals surface area contributed by atoms with Crippen LogP contribution in [-0.4, -0.2) is 64.5 Å². The Hall–Kier alpha value is -1.56. The number of methoxy groups -OCH3 is 1. The number of hydrogen-bond donors (Lipinski definition) is 2. The number of guanidine groups is 1. The van der Waals surface area contributed by atoms with E-state index in [1.54, 1.807) is 14.2 Å². The SMILES string of the molecule is CCOc1cc(NC(=NC)NCC(c2ccc(C)s2)N2CCOCC2)ccc1OC.I. The first-order chi connectivity index (χ1) is 14.6. The van der Waals surface area contributed by atoms with Crippen LogP contribution in [-0.2, 0) is 4.74 Å². The number of hydrogen-bond acceptors (Lipinski definition) is 6. The number of anilines is 1. The molecule has 0 saturated carbocycles. The van der Waals surface area contributed by atoms with Crippen molar-refractivity contribution in [1.82, 2.24) is 10.2 Å². The van der Waals surface area contributed by atoms with Crippen molar-refractivity contribution in [3.63, 3.8) is 0 Å². The number of aliphatic imine (C=N–C) groups is 1. The lowest BCUT2D eigenvalue weighted by atomic mass is 10.2. The number of rotatable bonds is 8. The first-order valence-electron chi connectivity index (χ1n) is 10.3. The zero-order valence-electron chi connectivity index (χ0n) is 18.6. The van der Waals surface area contributed by atoms with E-state index in [9.17, 15) is 0 Å². The molecule has 1 unspecified atom stereocenters. The van der Waals surface area contributed by atoms with Gasteiger partial charge in [-0.3, -0.25) is 9.89 Å². The molecule has 1 aromatic carbocycles. The van der Waals surface area contributed by atoms with Crippen LogP contribution in [0.25, 0.3) is 0 Å². The lowest BCUT2D eigenvalue weighted by Crippen LogP contribution is -2.44. The van der Waals surface area contributed by atoms with E-state index >= 15 is 0 Å². The summed E-state index contributed by atoms with van der Waals surface area (Å²) in [5, 5.41) is 6.85. The summed E-state index contributed by atoms with van der Waals surface area (Å²) in [6.45, 7) is 8.87. The second kappa shape index (κ2) is 13.1. The Labute approximate surface area is 206 Å². The predicted octanol–water partition coefficient (Wildman–Crippen LogP) is 4.14. The molecule has 0 bridgehead atoms. The highest BCUT2D eigenvalue weighted by molar-refractivity contribution is 14.0. The van der Waals surface area contributed by atoms with E-state index in [0.717, 1.165) is 38.5 Å². The van der Waals surface area contributed by atoms with Crippen LogP contribution in [0.15, 0.2) is 35.3 Å². The molecule has 2 heterocycles. The summed E-state index contributed by atoms with van der Waals surface area (Å²) >= 11 is 1.85. The molecular formula is C22H33IN4O3S. The molecular weight excluding hydrogens is 527 g/mol. The largest absolute Gasteiger partial charge is 0.493 e. The first-order valence-corrected chi connectivity index (χ1v) is 11.1. The summed E-state index contributed by atoms with van der Waals surface area (Å²) in [4.78, 5) is 9.57. The van der Waals surface area contributed by atoms with E-state index in [2.05, 4.69) is 39.6 Å². The van der Waals surface area contributed by atoms with Gasteiger partial charge in [0.25, 0.3) is 0 Å². The molecule has 172 valence electrons. The molecule has 0 radical (unpaired) electrons. The number of ether oxygens (including phenoxy) is 3. The highest BCUT2D eigenvalue weighted by atomic mass is 127. The van der Waals surface area contributed by atoms with Crippen molar-refractivity contribution in [2.45, 2.75) is 19.9 Å². The van der Waals surface area contributed by atoms with Gasteiger partial charge >= 0.3 is 0 Å². The summed E-state index contributed by atoms with van der Waals surface area (Å²) in [6, 6.07) is 10.5. The molecule has 0 amide bonds. The van der Waals surface area contributed by atoms with Gasteiger partial charge in [-0.25, -0.2) is 0 Å². The van der Waals surface area contributed by atoms with E-state index in [0.29, 0.717) is 24.1 Å². The number of morpholine rings is 1. The summed E-state index contributed by atoms with van der Waals surface area (Å²) in [6.07, 6.45) is 0. The third-order valence-corrected chi connectivity index (χ3v) is 6.09. The number of halogens is 1. The van der Waals surface area contributed by atoms with E-state index in [4.69, 9.17) is 14.2 Å². The van der Waals surface area contributed by atoms with Gasteiger partial charge in [0.15, 0.2) is 17.5 Å². The molecule has 1 saturated heterocycles. The molecule has 1 aromatic heterocycles. The minimum Gasteiger partial charge on any atom is -0.493 e. The Kier molecular flexibility index (Phi) is 10.9. The van der Waals surface area contributed by atoms with Crippen LogP contribution >= 0.6 is 35.3 Å². The second-order valence-electron chi connectivity index (χ2n) is 6.99. The lowest BCUT2D eigenvalue weighted by Gasteiger charge is -2.34. The van der Waals surface area contributed by atoms with Crippen molar-refractivity contribution < 1.29 is 14.2 Å². The number of nitrogens with zero attached hydrogens (tertiary/aromatic N) is 2. The number of thiophene rings is 1. The molecule has 0 spiro atoms. The average Bonchev–Trinajstić information content (AvgIpc) is 3.20. The van der Waals surface area contributed by atoms with Crippen LogP contribution < -0.4 is 20.1 Å². The number of nitrogens with one attached hydrogen (secondary N) is 2. The average molecular weight is 561 g/mol. The molecule has 2 aromatic rings. The summed E-state index contributed by atoms with van der Waals surface area (Å²) < 4.78 is 16.6. The van der Waals surface area contributed by atoms with Crippen LogP contribution in [0.3, 0.4) is 0 Å². The van der Waals surface area contributed by atoms with Crippen LogP contribution in [0, 0.1) is 6.92 Å². The number of benzene rings is 1. The third-order valence-electron chi connectivity index (χ3n) is 4.99. The molecule has 1 atom stereocenters. The Bertz CT molecular complexity index is 840. The standard InChI is InChI=1S/C22H32N4O3S.HI/c1-5-29-20-14-17(7-8-19(20)27-4)25-22(23-3)24-15-18(21-9-6-16(2)30-21)26-10-12-28-13-11-26;/h6-9,14,18H,5,10-13,15H2,1-4H3,(H2,23,24,25);1H. The first kappa shape index (κ1) is 25.7. The van der Waals surface area contributed by atoms with Crippen molar-refractivity contribution in [3.8, 4) is 11.5 Å². The summed E-state index contributed by atoms with van der Waals surface area (Å²) in [7, 11) is 3.42. The molecule has 9 heteroatoms. The van der Waals surface area contributed by atoms with Gasteiger partial charge in [0.1, 0.15) is 0 Å². The van der Waals surface area contributed by atoms with E-state index in [1.165, 1.54) is 9.75 Å². The van der Waals surface area contributed by atoms with Crippen molar-refractivity contribution in [3.05, 3.63) is 40.1 Å². The van der Waals surface area contributed by atoms with Crippen molar-refractivity contribution in [2.75, 3.05) is 58.9 Å². The third kappa shape index (κ3) is 7.23. The maximum Gasteiger partial charge on any atom is 0.195 e. The van der Waals surface area contributed by atoms with Gasteiger partial charge in [-0.2, -0.15) is 0 Å². The van der Waals surface area contributed by atoms with Crippen LogP contribution in [0.4, 0.5) is 5.69 Å².